The number of aryl methyl sites for hydroxylation is 1. The van der Waals surface area contributed by atoms with Crippen LogP contribution in [0.2, 0.25) is 5.02 Å². The molecule has 0 aliphatic rings. The molecule has 4 heteroatoms. The standard InChI is InChI=1S/C9H7ClN2O/c1-12-9-7(4-11-12)2-6(5-13)3-8(9)10/h2-5H,1H3. The summed E-state index contributed by atoms with van der Waals surface area (Å²) in [5.41, 5.74) is 1.43. The van der Waals surface area contributed by atoms with Crippen molar-refractivity contribution in [2.45, 2.75) is 0 Å². The number of aromatic nitrogens is 2. The summed E-state index contributed by atoms with van der Waals surface area (Å²) < 4.78 is 1.69. The number of rotatable bonds is 1. The van der Waals surface area contributed by atoms with Crippen LogP contribution in [0, 0.1) is 0 Å². The van der Waals surface area contributed by atoms with E-state index in [2.05, 4.69) is 5.10 Å². The Morgan fingerprint density at radius 2 is 2.31 bits per heavy atom. The minimum absolute atomic E-state index is 0.555. The molecule has 0 saturated carbocycles. The molecular weight excluding hydrogens is 188 g/mol. The Labute approximate surface area is 79.9 Å². The molecule has 0 bridgehead atoms. The van der Waals surface area contributed by atoms with Gasteiger partial charge >= 0.3 is 0 Å². The van der Waals surface area contributed by atoms with Crippen molar-refractivity contribution in [3.8, 4) is 0 Å². The molecule has 0 spiro atoms. The van der Waals surface area contributed by atoms with Crippen molar-refractivity contribution in [2.24, 2.45) is 7.05 Å². The zero-order valence-electron chi connectivity index (χ0n) is 6.99. The molecule has 1 aromatic heterocycles. The number of aldehydes is 1. The van der Waals surface area contributed by atoms with Crippen LogP contribution in [0.15, 0.2) is 18.3 Å². The Morgan fingerprint density at radius 3 is 3.00 bits per heavy atom. The maximum Gasteiger partial charge on any atom is 0.150 e. The third-order valence-electron chi connectivity index (χ3n) is 1.94. The van der Waals surface area contributed by atoms with Gasteiger partial charge in [0.05, 0.1) is 16.7 Å². The van der Waals surface area contributed by atoms with Crippen molar-refractivity contribution >= 4 is 28.8 Å². The molecule has 1 aromatic carbocycles. The Kier molecular flexibility index (Phi) is 1.81. The van der Waals surface area contributed by atoms with Crippen molar-refractivity contribution in [1.29, 1.82) is 0 Å². The summed E-state index contributed by atoms with van der Waals surface area (Å²) in [6.45, 7) is 0. The fourth-order valence-corrected chi connectivity index (χ4v) is 1.71. The van der Waals surface area contributed by atoms with E-state index in [-0.39, 0.29) is 0 Å². The lowest BCUT2D eigenvalue weighted by Crippen LogP contribution is -1.90. The number of hydrogen-bond donors (Lipinski definition) is 0. The summed E-state index contributed by atoms with van der Waals surface area (Å²) in [6, 6.07) is 3.40. The first-order valence-corrected chi connectivity index (χ1v) is 4.16. The van der Waals surface area contributed by atoms with Crippen LogP contribution in [0.5, 0.6) is 0 Å². The Morgan fingerprint density at radius 1 is 1.54 bits per heavy atom. The predicted molar refractivity (Wildman–Crippen MR) is 51.1 cm³/mol. The largest absolute Gasteiger partial charge is 0.298 e. The normalized spacial score (nSPS) is 10.6. The molecule has 0 aliphatic heterocycles. The summed E-state index contributed by atoms with van der Waals surface area (Å²) in [4.78, 5) is 10.5. The molecule has 0 amide bonds. The fraction of sp³-hybridized carbons (Fsp3) is 0.111. The average molecular weight is 195 g/mol. The lowest BCUT2D eigenvalue weighted by molar-refractivity contribution is 0.112. The quantitative estimate of drug-likeness (QED) is 0.652. The number of fused-ring (bicyclic) bond motifs is 1. The number of carbonyl (C=O) groups excluding carboxylic acids is 1. The van der Waals surface area contributed by atoms with Crippen LogP contribution in [0.1, 0.15) is 10.4 Å². The maximum atomic E-state index is 10.5. The van der Waals surface area contributed by atoms with Crippen molar-refractivity contribution < 1.29 is 4.79 Å². The second-order valence-corrected chi connectivity index (χ2v) is 3.23. The van der Waals surface area contributed by atoms with Crippen LogP contribution >= 0.6 is 11.6 Å². The van der Waals surface area contributed by atoms with Crippen molar-refractivity contribution in [2.75, 3.05) is 0 Å². The van der Waals surface area contributed by atoms with Crippen molar-refractivity contribution in [3.05, 3.63) is 28.9 Å². The molecule has 66 valence electrons. The van der Waals surface area contributed by atoms with Gasteiger partial charge in [0.25, 0.3) is 0 Å². The van der Waals surface area contributed by atoms with Gasteiger partial charge in [0.2, 0.25) is 0 Å². The van der Waals surface area contributed by atoms with Gasteiger partial charge in [-0.15, -0.1) is 0 Å². The molecule has 1 heterocycles. The van der Waals surface area contributed by atoms with Crippen LogP contribution in [0.25, 0.3) is 10.9 Å². The smallest absolute Gasteiger partial charge is 0.150 e. The maximum absolute atomic E-state index is 10.5. The summed E-state index contributed by atoms with van der Waals surface area (Å²) >= 11 is 5.97. The van der Waals surface area contributed by atoms with Crippen LogP contribution in [0.3, 0.4) is 0 Å². The van der Waals surface area contributed by atoms with E-state index in [1.54, 1.807) is 23.0 Å². The van der Waals surface area contributed by atoms with Gasteiger partial charge in [0, 0.05) is 18.0 Å². The molecule has 0 radical (unpaired) electrons. The van der Waals surface area contributed by atoms with Gasteiger partial charge in [-0.3, -0.25) is 9.48 Å². The van der Waals surface area contributed by atoms with E-state index in [0.29, 0.717) is 10.6 Å². The van der Waals surface area contributed by atoms with Gasteiger partial charge < -0.3 is 0 Å². The molecular formula is C9H7ClN2O. The van der Waals surface area contributed by atoms with Crippen LogP contribution in [-0.4, -0.2) is 16.1 Å². The van der Waals surface area contributed by atoms with E-state index < -0.39 is 0 Å². The summed E-state index contributed by atoms with van der Waals surface area (Å²) in [5, 5.41) is 5.49. The van der Waals surface area contributed by atoms with Gasteiger partial charge in [-0.25, -0.2) is 0 Å². The van der Waals surface area contributed by atoms with E-state index in [9.17, 15) is 4.79 Å². The first-order valence-electron chi connectivity index (χ1n) is 3.79. The van der Waals surface area contributed by atoms with Crippen LogP contribution < -0.4 is 0 Å². The molecule has 0 fully saturated rings. The van der Waals surface area contributed by atoms with Gasteiger partial charge in [0.1, 0.15) is 6.29 Å². The number of benzene rings is 1. The average Bonchev–Trinajstić information content (AvgIpc) is 2.48. The minimum atomic E-state index is 0.555. The second-order valence-electron chi connectivity index (χ2n) is 2.83. The van der Waals surface area contributed by atoms with Crippen LogP contribution in [0.4, 0.5) is 0 Å². The topological polar surface area (TPSA) is 34.9 Å². The lowest BCUT2D eigenvalue weighted by atomic mass is 10.2. The number of hydrogen-bond acceptors (Lipinski definition) is 2. The third kappa shape index (κ3) is 1.21. The molecule has 0 saturated heterocycles. The molecule has 2 rings (SSSR count). The Bertz CT molecular complexity index is 476. The molecule has 3 nitrogen and oxygen atoms in total. The summed E-state index contributed by atoms with van der Waals surface area (Å²) in [7, 11) is 1.81. The molecule has 0 aliphatic carbocycles. The predicted octanol–water partition coefficient (Wildman–Crippen LogP) is 2.04. The van der Waals surface area contributed by atoms with Gasteiger partial charge in [-0.1, -0.05) is 11.6 Å². The molecule has 0 unspecified atom stereocenters. The van der Waals surface area contributed by atoms with Crippen LogP contribution in [-0.2, 0) is 7.05 Å². The fourth-order valence-electron chi connectivity index (χ4n) is 1.36. The van der Waals surface area contributed by atoms with E-state index in [1.165, 1.54) is 0 Å². The first kappa shape index (κ1) is 8.26. The van der Waals surface area contributed by atoms with E-state index in [1.807, 2.05) is 7.05 Å². The zero-order chi connectivity index (χ0) is 9.42. The van der Waals surface area contributed by atoms with Gasteiger partial charge in [-0.2, -0.15) is 5.10 Å². The highest BCUT2D eigenvalue weighted by atomic mass is 35.5. The highest BCUT2D eigenvalue weighted by Gasteiger charge is 2.05. The highest BCUT2D eigenvalue weighted by molar-refractivity contribution is 6.35. The molecule has 13 heavy (non-hydrogen) atoms. The SMILES string of the molecule is Cn1ncc2cc(C=O)cc(Cl)c21. The molecule has 2 aromatic rings. The Hall–Kier alpha value is -1.35. The summed E-state index contributed by atoms with van der Waals surface area (Å²) in [5.74, 6) is 0. The minimum Gasteiger partial charge on any atom is -0.298 e. The van der Waals surface area contributed by atoms with E-state index >= 15 is 0 Å². The monoisotopic (exact) mass is 194 g/mol. The zero-order valence-corrected chi connectivity index (χ0v) is 7.75. The van der Waals surface area contributed by atoms with Gasteiger partial charge in [0.15, 0.2) is 0 Å². The van der Waals surface area contributed by atoms with Gasteiger partial charge in [-0.05, 0) is 12.1 Å². The Balaban J connectivity index is 2.86. The summed E-state index contributed by atoms with van der Waals surface area (Å²) in [6.07, 6.45) is 2.46. The third-order valence-corrected chi connectivity index (χ3v) is 2.23. The number of nitrogens with zero attached hydrogens (tertiary/aromatic N) is 2. The molecule has 0 atom stereocenters. The number of halogens is 1. The van der Waals surface area contributed by atoms with E-state index in [0.717, 1.165) is 17.2 Å². The van der Waals surface area contributed by atoms with Crippen molar-refractivity contribution in [3.63, 3.8) is 0 Å². The lowest BCUT2D eigenvalue weighted by Gasteiger charge is -1.98. The highest BCUT2D eigenvalue weighted by Crippen LogP contribution is 2.23. The molecule has 0 N–H and O–H groups in total. The second kappa shape index (κ2) is 2.85. The van der Waals surface area contributed by atoms with Crippen molar-refractivity contribution in [1.82, 2.24) is 9.78 Å². The number of carbonyl (C=O) groups is 1. The van der Waals surface area contributed by atoms with E-state index in [4.69, 9.17) is 11.6 Å². The first-order chi connectivity index (χ1) is 6.22.